The van der Waals surface area contributed by atoms with Crippen molar-refractivity contribution in [2.75, 3.05) is 37.8 Å². The zero-order valence-electron chi connectivity index (χ0n) is 12.6. The van der Waals surface area contributed by atoms with E-state index in [-0.39, 0.29) is 0 Å². The van der Waals surface area contributed by atoms with Crippen molar-refractivity contribution in [2.45, 2.75) is 26.3 Å². The Bertz CT molecular complexity index is 551. The summed E-state index contributed by atoms with van der Waals surface area (Å²) in [6.45, 7) is 6.43. The molecular weight excluding hydrogens is 270 g/mol. The number of nitrogens with zero attached hydrogens (tertiary/aromatic N) is 3. The summed E-state index contributed by atoms with van der Waals surface area (Å²) >= 11 is 1.64. The normalized spacial score (nSPS) is 11.5. The molecule has 0 saturated heterocycles. The third-order valence-corrected chi connectivity index (χ3v) is 4.22. The lowest BCUT2D eigenvalue weighted by atomic mass is 10.3. The van der Waals surface area contributed by atoms with E-state index in [1.54, 1.807) is 11.3 Å². The van der Waals surface area contributed by atoms with Gasteiger partial charge in [0.1, 0.15) is 10.6 Å². The number of thiophene rings is 1. The lowest BCUT2D eigenvalue weighted by Gasteiger charge is -2.20. The van der Waals surface area contributed by atoms with Crippen LogP contribution in [0.15, 0.2) is 11.4 Å². The van der Waals surface area contributed by atoms with Gasteiger partial charge in [-0.05, 0) is 45.3 Å². The molecule has 2 N–H and O–H groups in total. The highest BCUT2D eigenvalue weighted by atomic mass is 32.1. The van der Waals surface area contributed by atoms with Gasteiger partial charge in [-0.3, -0.25) is 0 Å². The largest absolute Gasteiger partial charge is 0.369 e. The minimum Gasteiger partial charge on any atom is -0.369 e. The van der Waals surface area contributed by atoms with Crippen LogP contribution in [0.4, 0.5) is 11.8 Å². The predicted octanol–water partition coefficient (Wildman–Crippen LogP) is 2.88. The van der Waals surface area contributed by atoms with Gasteiger partial charge >= 0.3 is 0 Å². The number of fused-ring (bicyclic) bond motifs is 1. The minimum atomic E-state index is 0.591. The van der Waals surface area contributed by atoms with Crippen LogP contribution in [0.5, 0.6) is 0 Å². The van der Waals surface area contributed by atoms with Crippen molar-refractivity contribution in [3.63, 3.8) is 0 Å². The Kier molecular flexibility index (Phi) is 5.14. The van der Waals surface area contributed by atoms with E-state index in [1.165, 1.54) is 0 Å². The van der Waals surface area contributed by atoms with E-state index in [0.717, 1.165) is 35.5 Å². The van der Waals surface area contributed by atoms with E-state index in [1.807, 2.05) is 7.05 Å². The van der Waals surface area contributed by atoms with E-state index in [0.29, 0.717) is 12.0 Å². The molecule has 0 fully saturated rings. The molecule has 0 aliphatic carbocycles. The first-order chi connectivity index (χ1) is 9.61. The Labute approximate surface area is 124 Å². The zero-order valence-corrected chi connectivity index (χ0v) is 13.4. The number of rotatable bonds is 7. The molecule has 5 nitrogen and oxygen atoms in total. The Morgan fingerprint density at radius 2 is 2.15 bits per heavy atom. The van der Waals surface area contributed by atoms with Crippen molar-refractivity contribution in [1.82, 2.24) is 14.9 Å². The molecule has 2 rings (SSSR count). The molecule has 2 aromatic rings. The lowest BCUT2D eigenvalue weighted by Crippen LogP contribution is -2.28. The summed E-state index contributed by atoms with van der Waals surface area (Å²) in [6, 6.07) is 2.66. The Morgan fingerprint density at radius 3 is 2.85 bits per heavy atom. The molecule has 20 heavy (non-hydrogen) atoms. The molecule has 2 heterocycles. The van der Waals surface area contributed by atoms with Gasteiger partial charge < -0.3 is 15.5 Å². The van der Waals surface area contributed by atoms with Gasteiger partial charge in [-0.25, -0.2) is 4.98 Å². The van der Waals surface area contributed by atoms with Crippen LogP contribution < -0.4 is 10.6 Å². The third kappa shape index (κ3) is 3.58. The Hall–Kier alpha value is -1.40. The summed E-state index contributed by atoms with van der Waals surface area (Å²) in [7, 11) is 4.00. The van der Waals surface area contributed by atoms with Gasteiger partial charge in [-0.15, -0.1) is 11.3 Å². The summed E-state index contributed by atoms with van der Waals surface area (Å²) < 4.78 is 0. The molecule has 2 aromatic heterocycles. The van der Waals surface area contributed by atoms with E-state index in [2.05, 4.69) is 57.8 Å². The fourth-order valence-electron chi connectivity index (χ4n) is 1.90. The van der Waals surface area contributed by atoms with Gasteiger partial charge in [-0.2, -0.15) is 4.98 Å². The highest BCUT2D eigenvalue weighted by Crippen LogP contribution is 2.26. The lowest BCUT2D eigenvalue weighted by molar-refractivity contribution is 0.273. The van der Waals surface area contributed by atoms with Crippen LogP contribution in [0.1, 0.15) is 20.3 Å². The van der Waals surface area contributed by atoms with Crippen LogP contribution in [0, 0.1) is 0 Å². The predicted molar refractivity (Wildman–Crippen MR) is 87.8 cm³/mol. The van der Waals surface area contributed by atoms with Crippen molar-refractivity contribution >= 4 is 33.3 Å². The third-order valence-electron chi connectivity index (χ3n) is 3.41. The number of anilines is 2. The van der Waals surface area contributed by atoms with Crippen LogP contribution in [-0.4, -0.2) is 48.1 Å². The molecule has 0 aromatic carbocycles. The van der Waals surface area contributed by atoms with E-state index >= 15 is 0 Å². The summed E-state index contributed by atoms with van der Waals surface area (Å²) in [5, 5.41) is 9.60. The van der Waals surface area contributed by atoms with Crippen LogP contribution in [0.2, 0.25) is 0 Å². The Balaban J connectivity index is 1.97. The zero-order chi connectivity index (χ0) is 14.5. The summed E-state index contributed by atoms with van der Waals surface area (Å²) in [6.07, 6.45) is 1.10. The quantitative estimate of drug-likeness (QED) is 0.769. The maximum Gasteiger partial charge on any atom is 0.225 e. The molecule has 110 valence electrons. The molecule has 0 saturated carbocycles. The second kappa shape index (κ2) is 6.85. The highest BCUT2D eigenvalue weighted by molar-refractivity contribution is 7.16. The topological polar surface area (TPSA) is 53.1 Å². The number of aromatic nitrogens is 2. The van der Waals surface area contributed by atoms with Crippen molar-refractivity contribution in [3.8, 4) is 0 Å². The molecule has 0 aliphatic rings. The standard InChI is InChI=1S/C14H23N5S/c1-10(2)19(4)8-5-7-16-12-11-6-9-20-13(11)18-14(15-3)17-12/h6,9-10H,5,7-8H2,1-4H3,(H2,15,16,17,18). The van der Waals surface area contributed by atoms with Crippen molar-refractivity contribution in [1.29, 1.82) is 0 Å². The van der Waals surface area contributed by atoms with Crippen molar-refractivity contribution in [3.05, 3.63) is 11.4 Å². The number of nitrogens with one attached hydrogen (secondary N) is 2. The molecular formula is C14H23N5S. The molecule has 0 atom stereocenters. The molecule has 0 bridgehead atoms. The van der Waals surface area contributed by atoms with Crippen LogP contribution in [-0.2, 0) is 0 Å². The summed E-state index contributed by atoms with van der Waals surface area (Å²) in [4.78, 5) is 12.3. The van der Waals surface area contributed by atoms with Crippen molar-refractivity contribution < 1.29 is 0 Å². The second-order valence-corrected chi connectivity index (χ2v) is 6.03. The fraction of sp³-hybridized carbons (Fsp3) is 0.571. The maximum atomic E-state index is 4.50. The first-order valence-corrected chi connectivity index (χ1v) is 7.87. The van der Waals surface area contributed by atoms with Gasteiger partial charge in [0.2, 0.25) is 5.95 Å². The molecule has 6 heteroatoms. The van der Waals surface area contributed by atoms with Gasteiger partial charge in [0.15, 0.2) is 0 Å². The number of hydrogen-bond donors (Lipinski definition) is 2. The SMILES string of the molecule is CNc1nc(NCCCN(C)C(C)C)c2ccsc2n1. The Morgan fingerprint density at radius 1 is 1.35 bits per heavy atom. The fourth-order valence-corrected chi connectivity index (χ4v) is 2.66. The molecule has 0 unspecified atom stereocenters. The van der Waals surface area contributed by atoms with Gasteiger partial charge in [0, 0.05) is 19.6 Å². The van der Waals surface area contributed by atoms with Crippen LogP contribution in [0.3, 0.4) is 0 Å². The monoisotopic (exact) mass is 293 g/mol. The molecule has 0 spiro atoms. The smallest absolute Gasteiger partial charge is 0.225 e. The molecule has 0 aliphatic heterocycles. The van der Waals surface area contributed by atoms with E-state index in [9.17, 15) is 0 Å². The second-order valence-electron chi connectivity index (χ2n) is 5.14. The summed E-state index contributed by atoms with van der Waals surface area (Å²) in [5.41, 5.74) is 0. The maximum absolute atomic E-state index is 4.50. The highest BCUT2D eigenvalue weighted by Gasteiger charge is 2.08. The average molecular weight is 293 g/mol. The van der Waals surface area contributed by atoms with Gasteiger partial charge in [0.25, 0.3) is 0 Å². The van der Waals surface area contributed by atoms with Crippen LogP contribution >= 0.6 is 11.3 Å². The first kappa shape index (κ1) is 15.0. The van der Waals surface area contributed by atoms with Gasteiger partial charge in [-0.1, -0.05) is 0 Å². The average Bonchev–Trinajstić information content (AvgIpc) is 2.91. The van der Waals surface area contributed by atoms with Crippen LogP contribution in [0.25, 0.3) is 10.2 Å². The van der Waals surface area contributed by atoms with Gasteiger partial charge in [0.05, 0.1) is 5.39 Å². The van der Waals surface area contributed by atoms with Crippen molar-refractivity contribution in [2.24, 2.45) is 0 Å². The number of hydrogen-bond acceptors (Lipinski definition) is 6. The van der Waals surface area contributed by atoms with E-state index in [4.69, 9.17) is 0 Å². The molecule has 0 amide bonds. The minimum absolute atomic E-state index is 0.591. The first-order valence-electron chi connectivity index (χ1n) is 6.99. The van der Waals surface area contributed by atoms with E-state index < -0.39 is 0 Å². The molecule has 0 radical (unpaired) electrons. The summed E-state index contributed by atoms with van der Waals surface area (Å²) in [5.74, 6) is 1.59.